The van der Waals surface area contributed by atoms with Gasteiger partial charge in [0, 0.05) is 38.5 Å². The number of aromatic nitrogens is 2. The highest BCUT2D eigenvalue weighted by molar-refractivity contribution is 5.96. The molecule has 17 heteroatoms. The van der Waals surface area contributed by atoms with Crippen molar-refractivity contribution in [3.05, 3.63) is 78.1 Å². The Kier molecular flexibility index (Phi) is 12.0. The summed E-state index contributed by atoms with van der Waals surface area (Å²) in [6.07, 6.45) is -0.416. The number of likely N-dealkylation sites (tertiary alicyclic amines) is 1. The number of benzene rings is 2. The van der Waals surface area contributed by atoms with Crippen molar-refractivity contribution in [2.24, 2.45) is 0 Å². The maximum atomic E-state index is 14.1. The lowest BCUT2D eigenvalue weighted by Gasteiger charge is -2.41. The van der Waals surface area contributed by atoms with Gasteiger partial charge in [0.2, 0.25) is 17.7 Å². The molecule has 1 aromatic heterocycles. The molecular formula is C35H41F2N7O8. The Bertz CT molecular complexity index is 1730. The standard InChI is InChI=1S/C35H41F2N7O8/c1-21-29(46)40-27(20-23-6-4-3-5-7-23)30(47)38-15-19-51-24-8-10-25(11-9-24)52-35(33(50)41-28(22(2)45)31(48)39-21)13-17-43(18-14-35)32(49)26-12-16-44(42-26)34(36)37/h3-12,16,21-22,27-28,34,45H,13-15,17-20H2,1-2H3,(H,38,47)(H,39,48)(H,40,46)(H,41,50)/t21-,22+,27-,28?/m0/s1. The number of aliphatic hydroxyl groups excluding tert-OH is 1. The molecule has 1 unspecified atom stereocenters. The molecule has 2 aromatic carbocycles. The Morgan fingerprint density at radius 1 is 0.942 bits per heavy atom. The van der Waals surface area contributed by atoms with Crippen molar-refractivity contribution in [2.75, 3.05) is 26.2 Å². The lowest BCUT2D eigenvalue weighted by atomic mass is 9.89. The monoisotopic (exact) mass is 725 g/mol. The molecule has 0 aliphatic carbocycles. The van der Waals surface area contributed by atoms with Gasteiger partial charge >= 0.3 is 6.55 Å². The summed E-state index contributed by atoms with van der Waals surface area (Å²) in [7, 11) is 0. The Labute approximate surface area is 298 Å². The summed E-state index contributed by atoms with van der Waals surface area (Å²) in [4.78, 5) is 68.5. The SMILES string of the molecule is C[C@@H]1NC(=O)C([C@@H](C)O)NC(=O)C2(CCN(C(=O)c3ccn(C(F)F)n3)CC2)Oc2ccc(cc2)OCCNC(=O)[C@H](Cc2ccccc2)NC1=O. The number of carbonyl (C=O) groups is 5. The predicted molar refractivity (Wildman–Crippen MR) is 180 cm³/mol. The molecule has 4 heterocycles. The van der Waals surface area contributed by atoms with Crippen molar-refractivity contribution in [3.8, 4) is 11.5 Å². The van der Waals surface area contributed by atoms with Gasteiger partial charge in [-0.15, -0.1) is 0 Å². The maximum absolute atomic E-state index is 14.1. The smallest absolute Gasteiger partial charge is 0.333 e. The molecule has 3 aromatic rings. The molecule has 5 N–H and O–H groups in total. The minimum Gasteiger partial charge on any atom is -0.492 e. The number of rotatable bonds is 5. The van der Waals surface area contributed by atoms with Crippen LogP contribution in [0.15, 0.2) is 66.9 Å². The van der Waals surface area contributed by atoms with Crippen molar-refractivity contribution >= 4 is 29.5 Å². The first-order chi connectivity index (χ1) is 24.8. The van der Waals surface area contributed by atoms with Crippen LogP contribution in [0.1, 0.15) is 49.3 Å². The molecule has 278 valence electrons. The topological polar surface area (TPSA) is 193 Å². The van der Waals surface area contributed by atoms with Crippen LogP contribution in [-0.4, -0.2) is 105 Å². The molecule has 4 atom stereocenters. The van der Waals surface area contributed by atoms with Gasteiger partial charge in [-0.05, 0) is 49.7 Å². The number of nitrogens with one attached hydrogen (secondary N) is 4. The van der Waals surface area contributed by atoms with Gasteiger partial charge < -0.3 is 40.7 Å². The minimum atomic E-state index is -2.92. The largest absolute Gasteiger partial charge is 0.492 e. The number of aliphatic hydroxyl groups is 1. The number of piperidine rings is 1. The first-order valence-electron chi connectivity index (χ1n) is 16.8. The fourth-order valence-corrected chi connectivity index (χ4v) is 5.87. The summed E-state index contributed by atoms with van der Waals surface area (Å²) in [5.74, 6) is -2.70. The Morgan fingerprint density at radius 2 is 1.62 bits per heavy atom. The van der Waals surface area contributed by atoms with Crippen LogP contribution in [0.3, 0.4) is 0 Å². The van der Waals surface area contributed by atoms with Crippen LogP contribution in [0.5, 0.6) is 11.5 Å². The third-order valence-corrected chi connectivity index (χ3v) is 8.83. The minimum absolute atomic E-state index is 0.0341. The number of alkyl halides is 2. The summed E-state index contributed by atoms with van der Waals surface area (Å²) >= 11 is 0. The number of amides is 5. The zero-order valence-electron chi connectivity index (χ0n) is 28.6. The molecule has 1 saturated heterocycles. The molecule has 1 spiro atoms. The number of halogens is 2. The Hall–Kier alpha value is -5.58. The average molecular weight is 726 g/mol. The highest BCUT2D eigenvalue weighted by atomic mass is 19.3. The van der Waals surface area contributed by atoms with E-state index in [0.717, 1.165) is 11.8 Å². The third kappa shape index (κ3) is 9.20. The molecule has 3 aliphatic rings. The predicted octanol–water partition coefficient (Wildman–Crippen LogP) is 0.938. The van der Waals surface area contributed by atoms with E-state index in [2.05, 4.69) is 26.4 Å². The van der Waals surface area contributed by atoms with Gasteiger partial charge in [-0.1, -0.05) is 30.3 Å². The van der Waals surface area contributed by atoms with Gasteiger partial charge in [-0.25, -0.2) is 4.68 Å². The second kappa shape index (κ2) is 16.6. The normalized spacial score (nSPS) is 22.3. The van der Waals surface area contributed by atoms with Crippen LogP contribution in [0, 0.1) is 0 Å². The van der Waals surface area contributed by atoms with E-state index in [9.17, 15) is 37.9 Å². The van der Waals surface area contributed by atoms with E-state index in [1.54, 1.807) is 36.4 Å². The lowest BCUT2D eigenvalue weighted by molar-refractivity contribution is -0.145. The fraction of sp³-hybridized carbons (Fsp3) is 0.429. The van der Waals surface area contributed by atoms with Crippen LogP contribution in [0.2, 0.25) is 0 Å². The highest BCUT2D eigenvalue weighted by Gasteiger charge is 2.47. The zero-order chi connectivity index (χ0) is 37.4. The van der Waals surface area contributed by atoms with Crippen molar-refractivity contribution in [2.45, 2.75) is 69.5 Å². The molecule has 15 nitrogen and oxygen atoms in total. The molecule has 52 heavy (non-hydrogen) atoms. The van der Waals surface area contributed by atoms with Gasteiger partial charge in [0.1, 0.15) is 36.2 Å². The average Bonchev–Trinajstić information content (AvgIpc) is 3.63. The summed E-state index contributed by atoms with van der Waals surface area (Å²) in [5, 5.41) is 24.8. The van der Waals surface area contributed by atoms with Crippen LogP contribution < -0.4 is 30.7 Å². The molecule has 3 aliphatic heterocycles. The quantitative estimate of drug-likeness (QED) is 0.238. The third-order valence-electron chi connectivity index (χ3n) is 8.83. The fourth-order valence-electron chi connectivity index (χ4n) is 5.87. The zero-order valence-corrected chi connectivity index (χ0v) is 28.6. The molecule has 2 bridgehead atoms. The van der Waals surface area contributed by atoms with Crippen molar-refractivity contribution in [1.82, 2.24) is 35.9 Å². The molecule has 0 saturated carbocycles. The second-order valence-corrected chi connectivity index (χ2v) is 12.6. The number of ether oxygens (including phenoxy) is 2. The number of fused-ring (bicyclic) bond motifs is 15. The molecule has 0 radical (unpaired) electrons. The summed E-state index contributed by atoms with van der Waals surface area (Å²) < 4.78 is 38.5. The number of nitrogens with zero attached hydrogens (tertiary/aromatic N) is 3. The van der Waals surface area contributed by atoms with E-state index in [4.69, 9.17) is 9.47 Å². The van der Waals surface area contributed by atoms with Gasteiger partial charge in [0.25, 0.3) is 11.8 Å². The summed E-state index contributed by atoms with van der Waals surface area (Å²) in [6.45, 7) is -0.0918. The Balaban J connectivity index is 1.38. The van der Waals surface area contributed by atoms with Crippen LogP contribution in [0.4, 0.5) is 8.78 Å². The Morgan fingerprint density at radius 3 is 2.25 bits per heavy atom. The van der Waals surface area contributed by atoms with E-state index >= 15 is 0 Å². The maximum Gasteiger partial charge on any atom is 0.333 e. The van der Waals surface area contributed by atoms with Crippen LogP contribution >= 0.6 is 0 Å². The molecule has 1 fully saturated rings. The summed E-state index contributed by atoms with van der Waals surface area (Å²) in [5.41, 5.74) is -1.05. The lowest BCUT2D eigenvalue weighted by Crippen LogP contribution is -2.63. The number of carbonyl (C=O) groups excluding carboxylic acids is 5. The first-order valence-corrected chi connectivity index (χ1v) is 16.8. The van der Waals surface area contributed by atoms with Crippen molar-refractivity contribution in [1.29, 1.82) is 0 Å². The molecule has 6 rings (SSSR count). The van der Waals surface area contributed by atoms with Crippen molar-refractivity contribution < 1.29 is 47.3 Å². The van der Waals surface area contributed by atoms with Gasteiger partial charge in [0.05, 0.1) is 12.6 Å². The van der Waals surface area contributed by atoms with Crippen LogP contribution in [-0.2, 0) is 25.6 Å². The van der Waals surface area contributed by atoms with Crippen molar-refractivity contribution in [3.63, 3.8) is 0 Å². The van der Waals surface area contributed by atoms with E-state index in [1.165, 1.54) is 24.8 Å². The first kappa shape index (κ1) is 37.7. The van der Waals surface area contributed by atoms with Gasteiger partial charge in [0.15, 0.2) is 11.3 Å². The van der Waals surface area contributed by atoms with E-state index in [-0.39, 0.29) is 56.9 Å². The van der Waals surface area contributed by atoms with Gasteiger partial charge in [-0.3, -0.25) is 24.0 Å². The molecule has 5 amide bonds. The highest BCUT2D eigenvalue weighted by Crippen LogP contribution is 2.31. The van der Waals surface area contributed by atoms with E-state index in [0.29, 0.717) is 10.4 Å². The van der Waals surface area contributed by atoms with E-state index in [1.807, 2.05) is 18.2 Å². The number of hydrogen-bond donors (Lipinski definition) is 5. The number of hydrogen-bond acceptors (Lipinski definition) is 9. The summed E-state index contributed by atoms with van der Waals surface area (Å²) in [6, 6.07) is 12.9. The van der Waals surface area contributed by atoms with Gasteiger partial charge in [-0.2, -0.15) is 13.9 Å². The molecular weight excluding hydrogens is 684 g/mol. The van der Waals surface area contributed by atoms with E-state index < -0.39 is 65.9 Å². The van der Waals surface area contributed by atoms with Crippen LogP contribution in [0.25, 0.3) is 0 Å². The second-order valence-electron chi connectivity index (χ2n) is 12.6.